The smallest absolute Gasteiger partial charge is 0.249 e. The number of halogens is 2. The van der Waals surface area contributed by atoms with E-state index < -0.39 is 11.8 Å². The SMILES string of the molecule is Cc1ccc(C(=O)C2CC(F)(F)C2)s1. The number of carbonyl (C=O) groups excluding carboxylic acids is 1. The minimum atomic E-state index is -2.60. The van der Waals surface area contributed by atoms with Gasteiger partial charge in [0, 0.05) is 23.6 Å². The Bertz CT molecular complexity index is 362. The number of hydrogen-bond acceptors (Lipinski definition) is 2. The zero-order valence-corrected chi connectivity index (χ0v) is 8.54. The van der Waals surface area contributed by atoms with Crippen molar-refractivity contribution >= 4 is 17.1 Å². The Morgan fingerprint density at radius 3 is 2.57 bits per heavy atom. The minimum absolute atomic E-state index is 0.117. The molecule has 1 aromatic rings. The van der Waals surface area contributed by atoms with E-state index in [1.165, 1.54) is 11.3 Å². The van der Waals surface area contributed by atoms with Crippen molar-refractivity contribution in [1.82, 2.24) is 0 Å². The fraction of sp³-hybridized carbons (Fsp3) is 0.500. The molecule has 1 heterocycles. The zero-order chi connectivity index (χ0) is 10.3. The van der Waals surface area contributed by atoms with Crippen LogP contribution in [0.3, 0.4) is 0 Å². The van der Waals surface area contributed by atoms with E-state index in [2.05, 4.69) is 0 Å². The monoisotopic (exact) mass is 216 g/mol. The Hall–Kier alpha value is -0.770. The van der Waals surface area contributed by atoms with Crippen LogP contribution in [0.4, 0.5) is 8.78 Å². The molecule has 14 heavy (non-hydrogen) atoms. The van der Waals surface area contributed by atoms with Crippen LogP contribution in [-0.2, 0) is 0 Å². The maximum absolute atomic E-state index is 12.5. The van der Waals surface area contributed by atoms with Crippen molar-refractivity contribution in [2.24, 2.45) is 5.92 Å². The average molecular weight is 216 g/mol. The molecule has 1 aliphatic rings. The summed E-state index contributed by atoms with van der Waals surface area (Å²) in [7, 11) is 0. The Balaban J connectivity index is 2.04. The van der Waals surface area contributed by atoms with Crippen molar-refractivity contribution in [1.29, 1.82) is 0 Å². The lowest BCUT2D eigenvalue weighted by Gasteiger charge is -2.33. The predicted octanol–water partition coefficient (Wildman–Crippen LogP) is 3.28. The van der Waals surface area contributed by atoms with Crippen molar-refractivity contribution in [2.75, 3.05) is 0 Å². The van der Waals surface area contributed by atoms with Crippen LogP contribution < -0.4 is 0 Å². The van der Waals surface area contributed by atoms with Crippen LogP contribution in [0.2, 0.25) is 0 Å². The topological polar surface area (TPSA) is 17.1 Å². The maximum atomic E-state index is 12.5. The van der Waals surface area contributed by atoms with Gasteiger partial charge in [0.1, 0.15) is 0 Å². The van der Waals surface area contributed by atoms with Gasteiger partial charge in [-0.3, -0.25) is 4.79 Å². The van der Waals surface area contributed by atoms with E-state index >= 15 is 0 Å². The molecule has 0 aromatic carbocycles. The standard InChI is InChI=1S/C10H10F2OS/c1-6-2-3-8(14-6)9(13)7-4-10(11,12)5-7/h2-3,7H,4-5H2,1H3. The van der Waals surface area contributed by atoms with Gasteiger partial charge >= 0.3 is 0 Å². The van der Waals surface area contributed by atoms with Crippen LogP contribution in [0.25, 0.3) is 0 Å². The second kappa shape index (κ2) is 3.12. The van der Waals surface area contributed by atoms with Crippen LogP contribution in [0.15, 0.2) is 12.1 Å². The first-order valence-corrected chi connectivity index (χ1v) is 5.28. The van der Waals surface area contributed by atoms with Crippen LogP contribution in [-0.4, -0.2) is 11.7 Å². The summed E-state index contributed by atoms with van der Waals surface area (Å²) in [5, 5.41) is 0. The van der Waals surface area contributed by atoms with Gasteiger partial charge in [-0.05, 0) is 19.1 Å². The van der Waals surface area contributed by atoms with E-state index in [-0.39, 0.29) is 18.6 Å². The van der Waals surface area contributed by atoms with Crippen molar-refractivity contribution < 1.29 is 13.6 Å². The summed E-state index contributed by atoms with van der Waals surface area (Å²) in [5.74, 6) is -3.18. The molecule has 1 nitrogen and oxygen atoms in total. The molecule has 0 bridgehead atoms. The lowest BCUT2D eigenvalue weighted by atomic mass is 9.78. The molecule has 0 radical (unpaired) electrons. The molecular formula is C10H10F2OS. The van der Waals surface area contributed by atoms with Crippen molar-refractivity contribution in [3.63, 3.8) is 0 Å². The quantitative estimate of drug-likeness (QED) is 0.693. The average Bonchev–Trinajstić information content (AvgIpc) is 2.46. The number of Topliss-reactive ketones (excluding diaryl/α,β-unsaturated/α-hetero) is 1. The molecule has 0 saturated heterocycles. The van der Waals surface area contributed by atoms with Crippen LogP contribution >= 0.6 is 11.3 Å². The fourth-order valence-electron chi connectivity index (χ4n) is 1.61. The molecule has 0 amide bonds. The fourth-order valence-corrected chi connectivity index (χ4v) is 2.50. The lowest BCUT2D eigenvalue weighted by Crippen LogP contribution is -2.39. The Labute approximate surface area is 84.7 Å². The largest absolute Gasteiger partial charge is 0.293 e. The van der Waals surface area contributed by atoms with Gasteiger partial charge in [-0.2, -0.15) is 0 Å². The molecule has 0 N–H and O–H groups in total. The maximum Gasteiger partial charge on any atom is 0.249 e. The molecular weight excluding hydrogens is 206 g/mol. The van der Waals surface area contributed by atoms with Gasteiger partial charge in [0.05, 0.1) is 4.88 Å². The van der Waals surface area contributed by atoms with Gasteiger partial charge in [-0.1, -0.05) is 0 Å². The third-order valence-electron chi connectivity index (χ3n) is 2.44. The number of rotatable bonds is 2. The minimum Gasteiger partial charge on any atom is -0.293 e. The first kappa shape index (κ1) is 9.77. The number of alkyl halides is 2. The number of hydrogen-bond donors (Lipinski definition) is 0. The van der Waals surface area contributed by atoms with E-state index in [9.17, 15) is 13.6 Å². The van der Waals surface area contributed by atoms with Crippen molar-refractivity contribution in [3.8, 4) is 0 Å². The summed E-state index contributed by atoms with van der Waals surface area (Å²) in [4.78, 5) is 13.3. The molecule has 0 atom stereocenters. The second-order valence-corrected chi connectivity index (χ2v) is 5.02. The van der Waals surface area contributed by atoms with Crippen LogP contribution in [0.5, 0.6) is 0 Å². The van der Waals surface area contributed by atoms with Gasteiger partial charge in [-0.15, -0.1) is 11.3 Å². The first-order valence-electron chi connectivity index (χ1n) is 4.46. The Kier molecular flexibility index (Phi) is 2.18. The van der Waals surface area contributed by atoms with E-state index in [0.717, 1.165) is 4.88 Å². The second-order valence-electron chi connectivity index (χ2n) is 3.74. The predicted molar refractivity (Wildman–Crippen MR) is 51.1 cm³/mol. The number of ketones is 1. The summed E-state index contributed by atoms with van der Waals surface area (Å²) in [5.41, 5.74) is 0. The van der Waals surface area contributed by atoms with Crippen LogP contribution in [0, 0.1) is 12.8 Å². The van der Waals surface area contributed by atoms with Crippen molar-refractivity contribution in [2.45, 2.75) is 25.7 Å². The Morgan fingerprint density at radius 1 is 1.50 bits per heavy atom. The molecule has 0 aliphatic heterocycles. The summed E-state index contributed by atoms with van der Waals surface area (Å²) >= 11 is 1.38. The highest BCUT2D eigenvalue weighted by molar-refractivity contribution is 7.14. The van der Waals surface area contributed by atoms with Gasteiger partial charge in [0.15, 0.2) is 5.78 Å². The highest BCUT2D eigenvalue weighted by Crippen LogP contribution is 2.44. The number of thiophene rings is 1. The van der Waals surface area contributed by atoms with Crippen molar-refractivity contribution in [3.05, 3.63) is 21.9 Å². The molecule has 4 heteroatoms. The highest BCUT2D eigenvalue weighted by Gasteiger charge is 2.48. The zero-order valence-electron chi connectivity index (χ0n) is 7.72. The number of carbonyl (C=O) groups is 1. The molecule has 1 aliphatic carbocycles. The Morgan fingerprint density at radius 2 is 2.14 bits per heavy atom. The molecule has 76 valence electrons. The van der Waals surface area contributed by atoms with E-state index in [1.54, 1.807) is 6.07 Å². The summed E-state index contributed by atoms with van der Waals surface area (Å²) in [6, 6.07) is 3.56. The summed E-state index contributed by atoms with van der Waals surface area (Å²) in [6.07, 6.45) is -0.550. The normalized spacial score (nSPS) is 20.5. The first-order chi connectivity index (χ1) is 6.48. The summed E-state index contributed by atoms with van der Waals surface area (Å²) in [6.45, 7) is 1.90. The van der Waals surface area contributed by atoms with Gasteiger partial charge in [0.25, 0.3) is 0 Å². The third-order valence-corrected chi connectivity index (χ3v) is 3.46. The van der Waals surface area contributed by atoms with E-state index in [0.29, 0.717) is 4.88 Å². The molecule has 1 saturated carbocycles. The molecule has 1 aromatic heterocycles. The molecule has 1 fully saturated rings. The van der Waals surface area contributed by atoms with Crippen LogP contribution in [0.1, 0.15) is 27.4 Å². The molecule has 0 spiro atoms. The van der Waals surface area contributed by atoms with Gasteiger partial charge in [0.2, 0.25) is 5.92 Å². The number of aryl methyl sites for hydroxylation is 1. The van der Waals surface area contributed by atoms with Gasteiger partial charge in [-0.25, -0.2) is 8.78 Å². The molecule has 2 rings (SSSR count). The molecule has 0 unspecified atom stereocenters. The van der Waals surface area contributed by atoms with Gasteiger partial charge < -0.3 is 0 Å². The lowest BCUT2D eigenvalue weighted by molar-refractivity contribution is -0.0981. The summed E-state index contributed by atoms with van der Waals surface area (Å²) < 4.78 is 25.0. The van der Waals surface area contributed by atoms with E-state index in [1.807, 2.05) is 13.0 Å². The highest BCUT2D eigenvalue weighted by atomic mass is 32.1. The third kappa shape index (κ3) is 1.71. The van der Waals surface area contributed by atoms with E-state index in [4.69, 9.17) is 0 Å².